The van der Waals surface area contributed by atoms with Gasteiger partial charge >= 0.3 is 0 Å². The molecule has 3 amide bonds. The maximum Gasteiger partial charge on any atom is 0.294 e. The summed E-state index contributed by atoms with van der Waals surface area (Å²) in [4.78, 5) is 38.9. The largest absolute Gasteiger partial charge is 0.497 e. The van der Waals surface area contributed by atoms with Crippen LogP contribution >= 0.6 is 56.9 Å². The van der Waals surface area contributed by atoms with Crippen LogP contribution in [0.5, 0.6) is 11.5 Å². The molecule has 4 rings (SSSR count). The van der Waals surface area contributed by atoms with Gasteiger partial charge in [0, 0.05) is 5.69 Å². The van der Waals surface area contributed by atoms with E-state index in [4.69, 9.17) is 9.47 Å². The third-order valence-corrected chi connectivity index (χ3v) is 7.67. The van der Waals surface area contributed by atoms with E-state index in [2.05, 4.69) is 50.5 Å². The minimum atomic E-state index is -0.526. The van der Waals surface area contributed by atoms with E-state index in [1.54, 1.807) is 49.6 Å². The third kappa shape index (κ3) is 7.02. The van der Waals surface area contributed by atoms with E-state index < -0.39 is 17.1 Å². The Labute approximate surface area is 244 Å². The minimum Gasteiger partial charge on any atom is -0.497 e. The van der Waals surface area contributed by atoms with Crippen molar-refractivity contribution in [2.75, 3.05) is 19.0 Å². The van der Waals surface area contributed by atoms with Crippen molar-refractivity contribution < 1.29 is 28.2 Å². The number of rotatable bonds is 8. The number of benzene rings is 3. The van der Waals surface area contributed by atoms with Crippen LogP contribution in [0.25, 0.3) is 6.08 Å². The topological polar surface area (TPSA) is 84.9 Å². The highest BCUT2D eigenvalue weighted by molar-refractivity contribution is 14.1. The number of carbonyl (C=O) groups is 3. The summed E-state index contributed by atoms with van der Waals surface area (Å²) in [7, 11) is 1.54. The van der Waals surface area contributed by atoms with Gasteiger partial charge in [-0.05, 0) is 123 Å². The van der Waals surface area contributed by atoms with E-state index >= 15 is 0 Å². The first-order valence-electron chi connectivity index (χ1n) is 10.8. The van der Waals surface area contributed by atoms with Crippen molar-refractivity contribution in [3.05, 3.63) is 89.7 Å². The van der Waals surface area contributed by atoms with Gasteiger partial charge in [0.15, 0.2) is 0 Å². The van der Waals surface area contributed by atoms with Crippen LogP contribution in [0, 0.1) is 13.0 Å². The molecule has 1 heterocycles. The Bertz CT molecular complexity index is 1360. The number of thioether (sulfide) groups is 1. The van der Waals surface area contributed by atoms with Gasteiger partial charge in [0.25, 0.3) is 11.1 Å². The quantitative estimate of drug-likeness (QED) is 0.216. The van der Waals surface area contributed by atoms with Crippen LogP contribution in [0.4, 0.5) is 14.9 Å². The normalized spacial score (nSPS) is 14.3. The molecule has 0 saturated carbocycles. The van der Waals surface area contributed by atoms with Gasteiger partial charge in [-0.15, -0.1) is 0 Å². The third-order valence-electron chi connectivity index (χ3n) is 5.16. The Morgan fingerprint density at radius 1 is 1.05 bits per heavy atom. The number of hydrogen-bond donors (Lipinski definition) is 1. The highest BCUT2D eigenvalue weighted by Crippen LogP contribution is 2.35. The SMILES string of the molecule is COc1ccc(NC(=O)CN2C(=O)S/C(=C/c3cc(I)c(OCc4ccc(F)cc4)c(I)c3)C2=O)cc1. The molecule has 0 unspecified atom stereocenters. The molecule has 0 aromatic heterocycles. The number of nitrogens with one attached hydrogen (secondary N) is 1. The molecule has 190 valence electrons. The number of anilines is 1. The lowest BCUT2D eigenvalue weighted by molar-refractivity contribution is -0.127. The molecule has 1 aliphatic heterocycles. The first kappa shape index (κ1) is 27.4. The van der Waals surface area contributed by atoms with Crippen LogP contribution in [0.3, 0.4) is 0 Å². The Hall–Kier alpha value is -2.65. The molecule has 0 aliphatic carbocycles. The standard InChI is InChI=1S/C26H19FI2N2O5S/c1-35-19-8-6-18(7-9-19)30-23(32)13-31-25(33)22(37-26(31)34)12-16-10-20(28)24(21(29)11-16)36-14-15-2-4-17(27)5-3-15/h2-12H,13-14H2,1H3,(H,30,32)/b22-12+. The van der Waals surface area contributed by atoms with Gasteiger partial charge < -0.3 is 14.8 Å². The zero-order chi connectivity index (χ0) is 26.5. The number of imide groups is 1. The molecule has 3 aromatic rings. The molecule has 0 spiro atoms. The van der Waals surface area contributed by atoms with Crippen LogP contribution in [-0.4, -0.2) is 35.6 Å². The van der Waals surface area contributed by atoms with Crippen molar-refractivity contribution in [2.24, 2.45) is 0 Å². The maximum atomic E-state index is 13.1. The first-order chi connectivity index (χ1) is 17.7. The monoisotopic (exact) mass is 744 g/mol. The zero-order valence-corrected chi connectivity index (χ0v) is 24.4. The van der Waals surface area contributed by atoms with Crippen molar-refractivity contribution >= 4 is 85.8 Å². The fourth-order valence-corrected chi connectivity index (χ4v) is 6.31. The summed E-state index contributed by atoms with van der Waals surface area (Å²) in [6.07, 6.45) is 1.63. The Kier molecular flexibility index (Phi) is 9.08. The van der Waals surface area contributed by atoms with Crippen LogP contribution in [0.2, 0.25) is 0 Å². The number of ether oxygens (including phenoxy) is 2. The van der Waals surface area contributed by atoms with Crippen LogP contribution in [-0.2, 0) is 16.2 Å². The van der Waals surface area contributed by atoms with E-state index in [0.717, 1.165) is 34.9 Å². The smallest absolute Gasteiger partial charge is 0.294 e. The molecule has 37 heavy (non-hydrogen) atoms. The second-order valence-corrected chi connectivity index (χ2v) is 11.1. The minimum absolute atomic E-state index is 0.230. The summed E-state index contributed by atoms with van der Waals surface area (Å²) in [6, 6.07) is 16.5. The molecular weight excluding hydrogens is 725 g/mol. The lowest BCUT2D eigenvalue weighted by Gasteiger charge is -2.13. The molecule has 7 nitrogen and oxygen atoms in total. The summed E-state index contributed by atoms with van der Waals surface area (Å²) in [5.41, 5.74) is 2.08. The van der Waals surface area contributed by atoms with Crippen molar-refractivity contribution in [3.8, 4) is 11.5 Å². The van der Waals surface area contributed by atoms with Gasteiger partial charge in [0.2, 0.25) is 5.91 Å². The maximum absolute atomic E-state index is 13.1. The van der Waals surface area contributed by atoms with Crippen molar-refractivity contribution in [2.45, 2.75) is 6.61 Å². The Morgan fingerprint density at radius 2 is 1.70 bits per heavy atom. The van der Waals surface area contributed by atoms with Crippen molar-refractivity contribution in [1.29, 1.82) is 0 Å². The predicted molar refractivity (Wildman–Crippen MR) is 157 cm³/mol. The number of halogens is 3. The van der Waals surface area contributed by atoms with Gasteiger partial charge in [-0.3, -0.25) is 19.3 Å². The van der Waals surface area contributed by atoms with Crippen molar-refractivity contribution in [3.63, 3.8) is 0 Å². The van der Waals surface area contributed by atoms with Gasteiger partial charge in [-0.1, -0.05) is 12.1 Å². The molecule has 1 aliphatic rings. The van der Waals surface area contributed by atoms with Gasteiger partial charge in [-0.25, -0.2) is 4.39 Å². The molecule has 1 fully saturated rings. The predicted octanol–water partition coefficient (Wildman–Crippen LogP) is 6.30. The number of hydrogen-bond acceptors (Lipinski definition) is 6. The zero-order valence-electron chi connectivity index (χ0n) is 19.3. The Balaban J connectivity index is 1.41. The van der Waals surface area contributed by atoms with E-state index in [1.165, 1.54) is 12.1 Å². The van der Waals surface area contributed by atoms with E-state index in [9.17, 15) is 18.8 Å². The molecule has 1 N–H and O–H groups in total. The second kappa shape index (κ2) is 12.3. The first-order valence-corrected chi connectivity index (χ1v) is 13.8. The van der Waals surface area contributed by atoms with Gasteiger partial charge in [-0.2, -0.15) is 0 Å². The molecule has 11 heteroatoms. The summed E-state index contributed by atoms with van der Waals surface area (Å²) in [5.74, 6) is -0.00148. The number of nitrogens with zero attached hydrogens (tertiary/aromatic N) is 1. The van der Waals surface area contributed by atoms with E-state index in [-0.39, 0.29) is 23.9 Å². The number of methoxy groups -OCH3 is 1. The fourth-order valence-electron chi connectivity index (χ4n) is 3.34. The summed E-state index contributed by atoms with van der Waals surface area (Å²) >= 11 is 5.07. The molecule has 0 radical (unpaired) electrons. The highest BCUT2D eigenvalue weighted by atomic mass is 127. The number of carbonyl (C=O) groups excluding carboxylic acids is 3. The van der Waals surface area contributed by atoms with Crippen LogP contribution in [0.15, 0.2) is 65.6 Å². The molecule has 1 saturated heterocycles. The highest BCUT2D eigenvalue weighted by Gasteiger charge is 2.36. The van der Waals surface area contributed by atoms with Crippen LogP contribution in [0.1, 0.15) is 11.1 Å². The lowest BCUT2D eigenvalue weighted by atomic mass is 10.2. The van der Waals surface area contributed by atoms with E-state index in [0.29, 0.717) is 17.2 Å². The van der Waals surface area contributed by atoms with Gasteiger partial charge in [0.05, 0.1) is 19.2 Å². The summed E-state index contributed by atoms with van der Waals surface area (Å²) in [5, 5.41) is 2.16. The fraction of sp³-hybridized carbons (Fsp3) is 0.115. The molecule has 0 bridgehead atoms. The van der Waals surface area contributed by atoms with Gasteiger partial charge in [0.1, 0.15) is 30.5 Å². The summed E-state index contributed by atoms with van der Waals surface area (Å²) < 4.78 is 25.8. The second-order valence-electron chi connectivity index (χ2n) is 7.77. The van der Waals surface area contributed by atoms with Crippen LogP contribution < -0.4 is 14.8 Å². The van der Waals surface area contributed by atoms with Crippen molar-refractivity contribution in [1.82, 2.24) is 4.90 Å². The molecular formula is C26H19FI2N2O5S. The molecule has 0 atom stereocenters. The number of amides is 3. The van der Waals surface area contributed by atoms with E-state index in [1.807, 2.05) is 12.1 Å². The average Bonchev–Trinajstić information content (AvgIpc) is 3.12. The Morgan fingerprint density at radius 3 is 2.32 bits per heavy atom. The summed E-state index contributed by atoms with van der Waals surface area (Å²) in [6.45, 7) is -0.109. The lowest BCUT2D eigenvalue weighted by Crippen LogP contribution is -2.36. The molecule has 3 aromatic carbocycles. The average molecular weight is 744 g/mol.